The minimum Gasteiger partial charge on any atom is -0.489 e. The van der Waals surface area contributed by atoms with Crippen LogP contribution in [0.5, 0.6) is 5.75 Å². The van der Waals surface area contributed by atoms with E-state index in [4.69, 9.17) is 4.74 Å². The Balaban J connectivity index is 0.00000267. The number of hydrogen-bond donors (Lipinski definition) is 1. The van der Waals surface area contributed by atoms with Crippen molar-refractivity contribution in [2.24, 2.45) is 7.05 Å². The molecule has 4 heterocycles. The molecule has 0 spiro atoms. The molecule has 0 amide bonds. The minimum absolute atomic E-state index is 0. The molecule has 2 aliphatic heterocycles. The Morgan fingerprint density at radius 2 is 1.83 bits per heavy atom. The van der Waals surface area contributed by atoms with Crippen molar-refractivity contribution in [2.45, 2.75) is 45.9 Å². The van der Waals surface area contributed by atoms with Gasteiger partial charge in [0.2, 0.25) is 0 Å². The van der Waals surface area contributed by atoms with E-state index in [2.05, 4.69) is 40.0 Å². The number of ether oxygens (including phenoxy) is 1. The standard InChI is InChI=1S/C29H32N4O2.CH4/c1-31-27-12-15-32(22-9-13-30-14-10-22)19-26(27)25-8-7-23(17-28(25)31)33-16-11-24(18-29(33)34)35-20-21-5-3-2-4-6-21;/h2-8,11,16-18,22,30H,9-10,12-15,19-20H2,1H3;1H4. The van der Waals surface area contributed by atoms with Gasteiger partial charge in [-0.15, -0.1) is 0 Å². The first kappa shape index (κ1) is 24.3. The summed E-state index contributed by atoms with van der Waals surface area (Å²) in [7, 11) is 2.16. The Morgan fingerprint density at radius 3 is 2.61 bits per heavy atom. The van der Waals surface area contributed by atoms with Gasteiger partial charge in [0.25, 0.3) is 5.56 Å². The number of piperidine rings is 1. The van der Waals surface area contributed by atoms with Crippen LogP contribution in [0.15, 0.2) is 71.7 Å². The van der Waals surface area contributed by atoms with Gasteiger partial charge in [0.1, 0.15) is 12.4 Å². The highest BCUT2D eigenvalue weighted by molar-refractivity contribution is 5.87. The number of aryl methyl sites for hydroxylation is 1. The number of fused-ring (bicyclic) bond motifs is 3. The molecular formula is C30H36N4O2. The van der Waals surface area contributed by atoms with Crippen LogP contribution in [-0.2, 0) is 26.6 Å². The SMILES string of the molecule is C.Cn1c2c(c3ccc(-n4ccc(OCc5ccccc5)cc4=O)cc31)CN(C1CCNCC1)CC2. The van der Waals surface area contributed by atoms with Gasteiger partial charge in [-0.2, -0.15) is 0 Å². The van der Waals surface area contributed by atoms with E-state index < -0.39 is 0 Å². The summed E-state index contributed by atoms with van der Waals surface area (Å²) < 4.78 is 9.87. The zero-order valence-electron chi connectivity index (χ0n) is 20.2. The predicted octanol–water partition coefficient (Wildman–Crippen LogP) is 4.65. The van der Waals surface area contributed by atoms with E-state index in [1.165, 1.54) is 35.0 Å². The van der Waals surface area contributed by atoms with Crippen molar-refractivity contribution in [1.82, 2.24) is 19.4 Å². The van der Waals surface area contributed by atoms with E-state index in [-0.39, 0.29) is 13.0 Å². The van der Waals surface area contributed by atoms with Crippen molar-refractivity contribution >= 4 is 10.9 Å². The van der Waals surface area contributed by atoms with Gasteiger partial charge in [0.15, 0.2) is 0 Å². The molecule has 188 valence electrons. The molecule has 1 fully saturated rings. The van der Waals surface area contributed by atoms with Gasteiger partial charge in [0.05, 0.1) is 11.2 Å². The Hall–Kier alpha value is -3.35. The number of nitrogens with one attached hydrogen (secondary N) is 1. The lowest BCUT2D eigenvalue weighted by Gasteiger charge is -2.37. The fourth-order valence-electron chi connectivity index (χ4n) is 5.72. The molecule has 6 nitrogen and oxygen atoms in total. The Kier molecular flexibility index (Phi) is 6.99. The quantitative estimate of drug-likeness (QED) is 0.448. The summed E-state index contributed by atoms with van der Waals surface area (Å²) in [5.41, 5.74) is 5.94. The molecule has 6 heteroatoms. The molecule has 4 aromatic rings. The zero-order chi connectivity index (χ0) is 23.8. The molecule has 1 saturated heterocycles. The van der Waals surface area contributed by atoms with Gasteiger partial charge in [0, 0.05) is 55.9 Å². The van der Waals surface area contributed by atoms with Crippen LogP contribution in [0, 0.1) is 0 Å². The molecule has 1 N–H and O–H groups in total. The van der Waals surface area contributed by atoms with E-state index >= 15 is 0 Å². The second-order valence-corrected chi connectivity index (χ2v) is 9.73. The Bertz CT molecular complexity index is 1400. The highest BCUT2D eigenvalue weighted by Crippen LogP contribution is 2.33. The topological polar surface area (TPSA) is 51.4 Å². The molecule has 0 aliphatic carbocycles. The minimum atomic E-state index is -0.0917. The number of hydrogen-bond acceptors (Lipinski definition) is 4. The number of pyridine rings is 1. The lowest BCUT2D eigenvalue weighted by Crippen LogP contribution is -2.45. The number of nitrogens with zero attached hydrogens (tertiary/aromatic N) is 3. The highest BCUT2D eigenvalue weighted by atomic mass is 16.5. The maximum atomic E-state index is 12.9. The number of rotatable bonds is 5. The summed E-state index contributed by atoms with van der Waals surface area (Å²) in [4.78, 5) is 15.6. The first-order valence-corrected chi connectivity index (χ1v) is 12.6. The van der Waals surface area contributed by atoms with Crippen LogP contribution >= 0.6 is 0 Å². The average Bonchev–Trinajstić information content (AvgIpc) is 3.19. The summed E-state index contributed by atoms with van der Waals surface area (Å²) in [6, 6.07) is 20.5. The second-order valence-electron chi connectivity index (χ2n) is 9.73. The Morgan fingerprint density at radius 1 is 1.03 bits per heavy atom. The van der Waals surface area contributed by atoms with E-state index in [0.29, 0.717) is 18.4 Å². The molecule has 36 heavy (non-hydrogen) atoms. The summed E-state index contributed by atoms with van der Waals surface area (Å²) in [5.74, 6) is 0.587. The Labute approximate surface area is 213 Å². The van der Waals surface area contributed by atoms with E-state index in [1.807, 2.05) is 42.6 Å². The maximum absolute atomic E-state index is 12.9. The summed E-state index contributed by atoms with van der Waals surface area (Å²) >= 11 is 0. The van der Waals surface area contributed by atoms with Crippen LogP contribution < -0.4 is 15.6 Å². The second kappa shape index (κ2) is 10.3. The van der Waals surface area contributed by atoms with Gasteiger partial charge < -0.3 is 14.6 Å². The summed E-state index contributed by atoms with van der Waals surface area (Å²) in [5, 5.41) is 4.79. The van der Waals surface area contributed by atoms with Crippen molar-refractivity contribution in [3.63, 3.8) is 0 Å². The molecule has 0 atom stereocenters. The van der Waals surface area contributed by atoms with E-state index in [9.17, 15) is 4.79 Å². The molecule has 0 unspecified atom stereocenters. The normalized spacial score (nSPS) is 16.5. The first-order chi connectivity index (χ1) is 17.2. The third-order valence-corrected chi connectivity index (χ3v) is 7.66. The molecule has 0 radical (unpaired) electrons. The lowest BCUT2D eigenvalue weighted by molar-refractivity contribution is 0.146. The molecule has 6 rings (SSSR count). The van der Waals surface area contributed by atoms with E-state index in [0.717, 1.165) is 43.9 Å². The van der Waals surface area contributed by atoms with Crippen molar-refractivity contribution in [1.29, 1.82) is 0 Å². The van der Waals surface area contributed by atoms with Gasteiger partial charge >= 0.3 is 0 Å². The molecule has 2 aliphatic rings. The van der Waals surface area contributed by atoms with E-state index in [1.54, 1.807) is 10.6 Å². The molecule has 0 bridgehead atoms. The monoisotopic (exact) mass is 484 g/mol. The summed E-state index contributed by atoms with van der Waals surface area (Å²) in [6.07, 6.45) is 5.36. The van der Waals surface area contributed by atoms with Crippen molar-refractivity contribution in [2.75, 3.05) is 19.6 Å². The number of aromatic nitrogens is 2. The lowest BCUT2D eigenvalue weighted by atomic mass is 9.98. The highest BCUT2D eigenvalue weighted by Gasteiger charge is 2.28. The predicted molar refractivity (Wildman–Crippen MR) is 146 cm³/mol. The molecule has 2 aromatic heterocycles. The third-order valence-electron chi connectivity index (χ3n) is 7.66. The zero-order valence-corrected chi connectivity index (χ0v) is 20.2. The third kappa shape index (κ3) is 4.59. The van der Waals surface area contributed by atoms with Crippen molar-refractivity contribution in [3.05, 3.63) is 94.0 Å². The largest absolute Gasteiger partial charge is 0.489 e. The van der Waals surface area contributed by atoms with Crippen LogP contribution in [0.3, 0.4) is 0 Å². The summed E-state index contributed by atoms with van der Waals surface area (Å²) in [6.45, 7) is 4.83. The fourth-order valence-corrected chi connectivity index (χ4v) is 5.72. The van der Waals surface area contributed by atoms with Crippen LogP contribution in [0.25, 0.3) is 16.6 Å². The van der Waals surface area contributed by atoms with Gasteiger partial charge in [-0.3, -0.25) is 14.3 Å². The smallest absolute Gasteiger partial charge is 0.258 e. The fraction of sp³-hybridized carbons (Fsp3) is 0.367. The van der Waals surface area contributed by atoms with Gasteiger partial charge in [-0.05, 0) is 55.3 Å². The van der Waals surface area contributed by atoms with Gasteiger partial charge in [-0.25, -0.2) is 0 Å². The number of benzene rings is 2. The van der Waals surface area contributed by atoms with Gasteiger partial charge in [-0.1, -0.05) is 43.8 Å². The first-order valence-electron chi connectivity index (χ1n) is 12.6. The van der Waals surface area contributed by atoms with Crippen LogP contribution in [0.4, 0.5) is 0 Å². The average molecular weight is 485 g/mol. The molecular weight excluding hydrogens is 448 g/mol. The van der Waals surface area contributed by atoms with Crippen LogP contribution in [-0.4, -0.2) is 39.7 Å². The van der Waals surface area contributed by atoms with Crippen molar-refractivity contribution in [3.8, 4) is 11.4 Å². The maximum Gasteiger partial charge on any atom is 0.258 e. The molecule has 2 aromatic carbocycles. The van der Waals surface area contributed by atoms with Crippen LogP contribution in [0.2, 0.25) is 0 Å². The van der Waals surface area contributed by atoms with Crippen molar-refractivity contribution < 1.29 is 4.74 Å². The van der Waals surface area contributed by atoms with Crippen LogP contribution in [0.1, 0.15) is 37.1 Å². The molecule has 0 saturated carbocycles.